The second kappa shape index (κ2) is 8.86. The summed E-state index contributed by atoms with van der Waals surface area (Å²) in [5.41, 5.74) is 4.13. The smallest absolute Gasteiger partial charge is 0.223 e. The lowest BCUT2D eigenvalue weighted by Crippen LogP contribution is -2.29. The van der Waals surface area contributed by atoms with Crippen molar-refractivity contribution in [3.8, 4) is 6.07 Å². The Balaban J connectivity index is 2.00. The number of aromatic nitrogens is 2. The first kappa shape index (κ1) is 20.0. The molecule has 2 aromatic rings. The van der Waals surface area contributed by atoms with E-state index in [2.05, 4.69) is 11.2 Å². The van der Waals surface area contributed by atoms with Gasteiger partial charge in [0.1, 0.15) is 0 Å². The van der Waals surface area contributed by atoms with E-state index in [0.717, 1.165) is 22.5 Å². The largest absolute Gasteiger partial charge is 0.339 e. The zero-order chi connectivity index (χ0) is 19.3. The predicted molar refractivity (Wildman–Crippen MR) is 103 cm³/mol. The number of nitriles is 1. The van der Waals surface area contributed by atoms with E-state index in [4.69, 9.17) is 16.9 Å². The number of nitrogens with zero attached hydrogens (tertiary/aromatic N) is 4. The minimum Gasteiger partial charge on any atom is -0.339 e. The summed E-state index contributed by atoms with van der Waals surface area (Å²) in [5, 5.41) is 13.9. The summed E-state index contributed by atoms with van der Waals surface area (Å²) in [4.78, 5) is 14.4. The number of halogens is 1. The molecule has 138 valence electrons. The van der Waals surface area contributed by atoms with Gasteiger partial charge in [-0.2, -0.15) is 10.4 Å². The summed E-state index contributed by atoms with van der Waals surface area (Å²) in [5.74, 6) is 0.0935. The fraction of sp³-hybridized carbons (Fsp3) is 0.450. The molecule has 2 rings (SSSR count). The van der Waals surface area contributed by atoms with Crippen LogP contribution in [0.5, 0.6) is 0 Å². The maximum absolute atomic E-state index is 12.6. The van der Waals surface area contributed by atoms with Crippen molar-refractivity contribution < 1.29 is 4.79 Å². The summed E-state index contributed by atoms with van der Waals surface area (Å²) in [7, 11) is 1.83. The highest BCUT2D eigenvalue weighted by Gasteiger charge is 2.19. The normalized spacial score (nSPS) is 11.8. The van der Waals surface area contributed by atoms with E-state index < -0.39 is 0 Å². The second-order valence-electron chi connectivity index (χ2n) is 6.51. The maximum atomic E-state index is 12.6. The van der Waals surface area contributed by atoms with E-state index in [1.165, 1.54) is 0 Å². The van der Waals surface area contributed by atoms with Gasteiger partial charge in [-0.05, 0) is 50.5 Å². The standard InChI is InChI=1S/C20H25ClN4O/c1-14-19(16(3)25(23-14)13-5-12-22)10-11-20(26)24(4)15(2)17-6-8-18(21)9-7-17/h6-9,15H,5,10-11,13H2,1-4H3. The third-order valence-corrected chi connectivity index (χ3v) is 5.13. The zero-order valence-electron chi connectivity index (χ0n) is 15.8. The number of hydrogen-bond acceptors (Lipinski definition) is 3. The van der Waals surface area contributed by atoms with E-state index in [9.17, 15) is 4.79 Å². The molecule has 6 heteroatoms. The molecule has 0 fully saturated rings. The Kier molecular flexibility index (Phi) is 6.82. The molecule has 1 atom stereocenters. The van der Waals surface area contributed by atoms with Gasteiger partial charge in [-0.15, -0.1) is 0 Å². The summed E-state index contributed by atoms with van der Waals surface area (Å²) in [6.45, 7) is 6.55. The van der Waals surface area contributed by atoms with E-state index in [1.54, 1.807) is 4.90 Å². The van der Waals surface area contributed by atoms with Gasteiger partial charge in [0, 0.05) is 24.2 Å². The van der Waals surface area contributed by atoms with E-state index in [1.807, 2.05) is 56.8 Å². The summed E-state index contributed by atoms with van der Waals surface area (Å²) in [6, 6.07) is 9.71. The first-order valence-electron chi connectivity index (χ1n) is 8.76. The summed E-state index contributed by atoms with van der Waals surface area (Å²) >= 11 is 5.93. The van der Waals surface area contributed by atoms with Crippen LogP contribution in [0.15, 0.2) is 24.3 Å². The Hall–Kier alpha value is -2.32. The lowest BCUT2D eigenvalue weighted by Gasteiger charge is -2.25. The molecule has 26 heavy (non-hydrogen) atoms. The monoisotopic (exact) mass is 372 g/mol. The van der Waals surface area contributed by atoms with Gasteiger partial charge in [-0.25, -0.2) is 0 Å². The Morgan fingerprint density at radius 1 is 1.35 bits per heavy atom. The van der Waals surface area contributed by atoms with Crippen LogP contribution < -0.4 is 0 Å². The number of benzene rings is 1. The topological polar surface area (TPSA) is 61.9 Å². The van der Waals surface area contributed by atoms with Crippen LogP contribution in [0, 0.1) is 25.2 Å². The van der Waals surface area contributed by atoms with E-state index >= 15 is 0 Å². The lowest BCUT2D eigenvalue weighted by atomic mass is 10.0. The number of carbonyl (C=O) groups is 1. The molecule has 0 saturated carbocycles. The zero-order valence-corrected chi connectivity index (χ0v) is 16.5. The van der Waals surface area contributed by atoms with Crippen molar-refractivity contribution in [2.75, 3.05) is 7.05 Å². The molecule has 1 amide bonds. The molecule has 0 N–H and O–H groups in total. The molecule has 1 heterocycles. The van der Waals surface area contributed by atoms with Crippen LogP contribution in [-0.4, -0.2) is 27.6 Å². The van der Waals surface area contributed by atoms with Crippen LogP contribution in [0.1, 0.15) is 48.3 Å². The van der Waals surface area contributed by atoms with Gasteiger partial charge in [0.05, 0.1) is 30.8 Å². The van der Waals surface area contributed by atoms with Crippen LogP contribution in [-0.2, 0) is 17.8 Å². The fourth-order valence-electron chi connectivity index (χ4n) is 3.06. The average molecular weight is 373 g/mol. The molecule has 0 aliphatic carbocycles. The molecule has 0 aliphatic rings. The number of amides is 1. The van der Waals surface area contributed by atoms with Crippen LogP contribution >= 0.6 is 11.6 Å². The fourth-order valence-corrected chi connectivity index (χ4v) is 3.18. The quantitative estimate of drug-likeness (QED) is 0.731. The van der Waals surface area contributed by atoms with Crippen molar-refractivity contribution in [1.29, 1.82) is 5.26 Å². The Morgan fingerprint density at radius 3 is 2.62 bits per heavy atom. The first-order valence-corrected chi connectivity index (χ1v) is 9.14. The van der Waals surface area contributed by atoms with Crippen molar-refractivity contribution in [2.24, 2.45) is 0 Å². The highest BCUT2D eigenvalue weighted by Crippen LogP contribution is 2.22. The predicted octanol–water partition coefficient (Wildman–Crippen LogP) is 4.22. The molecule has 5 nitrogen and oxygen atoms in total. The molecule has 0 saturated heterocycles. The van der Waals surface area contributed by atoms with Gasteiger partial charge in [0.25, 0.3) is 0 Å². The molecule has 0 radical (unpaired) electrons. The van der Waals surface area contributed by atoms with Crippen LogP contribution in [0.25, 0.3) is 0 Å². The molecule has 0 aliphatic heterocycles. The van der Waals surface area contributed by atoms with Crippen molar-refractivity contribution in [1.82, 2.24) is 14.7 Å². The second-order valence-corrected chi connectivity index (χ2v) is 6.95. The highest BCUT2D eigenvalue weighted by molar-refractivity contribution is 6.30. The van der Waals surface area contributed by atoms with E-state index in [-0.39, 0.29) is 11.9 Å². The van der Waals surface area contributed by atoms with Crippen molar-refractivity contribution >= 4 is 17.5 Å². The number of aryl methyl sites for hydroxylation is 2. The molecule has 1 aromatic carbocycles. The summed E-state index contributed by atoms with van der Waals surface area (Å²) in [6.07, 6.45) is 1.52. The molecule has 1 aromatic heterocycles. The number of rotatable bonds is 7. The summed E-state index contributed by atoms with van der Waals surface area (Å²) < 4.78 is 1.86. The Labute approximate surface area is 160 Å². The number of carbonyl (C=O) groups excluding carboxylic acids is 1. The van der Waals surface area contributed by atoms with Gasteiger partial charge in [0.15, 0.2) is 0 Å². The van der Waals surface area contributed by atoms with Crippen molar-refractivity contribution in [2.45, 2.75) is 52.6 Å². The van der Waals surface area contributed by atoms with Crippen molar-refractivity contribution in [3.63, 3.8) is 0 Å². The van der Waals surface area contributed by atoms with Crippen LogP contribution in [0.2, 0.25) is 5.02 Å². The van der Waals surface area contributed by atoms with Gasteiger partial charge in [-0.1, -0.05) is 23.7 Å². The minimum absolute atomic E-state index is 0.0136. The van der Waals surface area contributed by atoms with Crippen LogP contribution in [0.3, 0.4) is 0 Å². The van der Waals surface area contributed by atoms with E-state index in [0.29, 0.717) is 30.8 Å². The van der Waals surface area contributed by atoms with Gasteiger partial charge >= 0.3 is 0 Å². The maximum Gasteiger partial charge on any atom is 0.223 e. The molecular formula is C20H25ClN4O. The Morgan fingerprint density at radius 2 is 2.00 bits per heavy atom. The molecular weight excluding hydrogens is 348 g/mol. The molecule has 1 unspecified atom stereocenters. The molecule has 0 spiro atoms. The third-order valence-electron chi connectivity index (χ3n) is 4.88. The number of hydrogen-bond donors (Lipinski definition) is 0. The van der Waals surface area contributed by atoms with Crippen LogP contribution in [0.4, 0.5) is 0 Å². The SMILES string of the molecule is Cc1nn(CCC#N)c(C)c1CCC(=O)N(C)C(C)c1ccc(Cl)cc1. The Bertz CT molecular complexity index is 804. The molecule has 0 bridgehead atoms. The minimum atomic E-state index is -0.0136. The van der Waals surface area contributed by atoms with Gasteiger partial charge < -0.3 is 4.90 Å². The lowest BCUT2D eigenvalue weighted by molar-refractivity contribution is -0.131. The van der Waals surface area contributed by atoms with Crippen molar-refractivity contribution in [3.05, 3.63) is 51.8 Å². The van der Waals surface area contributed by atoms with Gasteiger partial charge in [0.2, 0.25) is 5.91 Å². The highest BCUT2D eigenvalue weighted by atomic mass is 35.5. The first-order chi connectivity index (χ1) is 12.3. The average Bonchev–Trinajstić information content (AvgIpc) is 2.90. The van der Waals surface area contributed by atoms with Gasteiger partial charge in [-0.3, -0.25) is 9.48 Å². The third kappa shape index (κ3) is 4.64.